The van der Waals surface area contributed by atoms with Gasteiger partial charge in [0.25, 0.3) is 0 Å². The number of hydrogen-bond acceptors (Lipinski definition) is 3. The number of fused-ring (bicyclic) bond motifs is 1. The molecular formula is C17H17NO2. The molecule has 2 atom stereocenters. The number of hydrogen-bond donors (Lipinski definition) is 2. The Hall–Kier alpha value is -1.97. The van der Waals surface area contributed by atoms with Crippen molar-refractivity contribution in [2.75, 3.05) is 6.54 Å². The third kappa shape index (κ3) is 2.50. The number of Topliss-reactive ketones (excluding diaryl/α,β-unsaturated/α-hetero) is 1. The van der Waals surface area contributed by atoms with Crippen molar-refractivity contribution in [2.45, 2.75) is 18.6 Å². The minimum atomic E-state index is -0.435. The van der Waals surface area contributed by atoms with Crippen LogP contribution in [-0.2, 0) is 0 Å². The van der Waals surface area contributed by atoms with Gasteiger partial charge in [0.2, 0.25) is 0 Å². The van der Waals surface area contributed by atoms with Crippen molar-refractivity contribution < 1.29 is 9.90 Å². The second-order valence-corrected chi connectivity index (χ2v) is 5.10. The van der Waals surface area contributed by atoms with Gasteiger partial charge in [-0.05, 0) is 17.5 Å². The molecule has 2 aromatic rings. The summed E-state index contributed by atoms with van der Waals surface area (Å²) in [5.74, 6) is 0.0736. The van der Waals surface area contributed by atoms with Gasteiger partial charge < -0.3 is 10.4 Å². The molecule has 0 amide bonds. The topological polar surface area (TPSA) is 49.3 Å². The quantitative estimate of drug-likeness (QED) is 0.837. The monoisotopic (exact) mass is 267 g/mol. The first kappa shape index (κ1) is 13.0. The highest BCUT2D eigenvalue weighted by molar-refractivity contribution is 5.97. The number of rotatable bonds is 4. The largest absolute Gasteiger partial charge is 0.388 e. The molecule has 0 bridgehead atoms. The highest BCUT2D eigenvalue weighted by atomic mass is 16.3. The van der Waals surface area contributed by atoms with E-state index in [2.05, 4.69) is 5.32 Å². The predicted molar refractivity (Wildman–Crippen MR) is 77.5 cm³/mol. The van der Waals surface area contributed by atoms with Crippen LogP contribution in [0.3, 0.4) is 0 Å². The Balaban J connectivity index is 1.67. The molecule has 3 nitrogen and oxygen atoms in total. The molecule has 0 heterocycles. The molecule has 3 rings (SSSR count). The standard InChI is InChI=1S/C17H17NO2/c19-16-10-15(13-8-4-5-9-14(13)16)18-11-17(20)12-6-2-1-3-7-12/h1-9,15-16,18-19H,10-11H2/t15-,16-/m0/s1. The van der Waals surface area contributed by atoms with E-state index >= 15 is 0 Å². The van der Waals surface area contributed by atoms with Crippen molar-refractivity contribution in [3.8, 4) is 0 Å². The van der Waals surface area contributed by atoms with Crippen LogP contribution in [0.4, 0.5) is 0 Å². The minimum Gasteiger partial charge on any atom is -0.388 e. The fourth-order valence-electron chi connectivity index (χ4n) is 2.74. The molecule has 0 aromatic heterocycles. The average molecular weight is 267 g/mol. The summed E-state index contributed by atoms with van der Waals surface area (Å²) < 4.78 is 0. The summed E-state index contributed by atoms with van der Waals surface area (Å²) in [4.78, 5) is 12.1. The number of carbonyl (C=O) groups excluding carboxylic acids is 1. The molecule has 0 fully saturated rings. The van der Waals surface area contributed by atoms with E-state index in [1.54, 1.807) is 0 Å². The first-order valence-electron chi connectivity index (χ1n) is 6.84. The van der Waals surface area contributed by atoms with Crippen molar-refractivity contribution in [1.29, 1.82) is 0 Å². The van der Waals surface area contributed by atoms with Crippen LogP contribution < -0.4 is 5.32 Å². The summed E-state index contributed by atoms with van der Waals surface area (Å²) in [5.41, 5.74) is 2.78. The van der Waals surface area contributed by atoms with Crippen LogP contribution in [0.5, 0.6) is 0 Å². The molecule has 0 unspecified atom stereocenters. The maximum Gasteiger partial charge on any atom is 0.176 e. The van der Waals surface area contributed by atoms with Gasteiger partial charge >= 0.3 is 0 Å². The van der Waals surface area contributed by atoms with Gasteiger partial charge in [0.1, 0.15) is 0 Å². The van der Waals surface area contributed by atoms with Crippen LogP contribution >= 0.6 is 0 Å². The van der Waals surface area contributed by atoms with Crippen LogP contribution in [-0.4, -0.2) is 17.4 Å². The SMILES string of the molecule is O=C(CN[C@H]1C[C@H](O)c2ccccc21)c1ccccc1. The minimum absolute atomic E-state index is 0.0499. The predicted octanol–water partition coefficient (Wildman–Crippen LogP) is 2.64. The molecular weight excluding hydrogens is 250 g/mol. The normalized spacial score (nSPS) is 20.6. The summed E-state index contributed by atoms with van der Waals surface area (Å²) >= 11 is 0. The van der Waals surface area contributed by atoms with Crippen molar-refractivity contribution in [3.63, 3.8) is 0 Å². The van der Waals surface area contributed by atoms with Gasteiger partial charge in [-0.15, -0.1) is 0 Å². The lowest BCUT2D eigenvalue weighted by atomic mass is 10.1. The molecule has 0 saturated heterocycles. The van der Waals surface area contributed by atoms with Gasteiger partial charge in [-0.25, -0.2) is 0 Å². The highest BCUT2D eigenvalue weighted by Crippen LogP contribution is 2.38. The smallest absolute Gasteiger partial charge is 0.176 e. The van der Waals surface area contributed by atoms with Crippen LogP contribution in [0.1, 0.15) is 40.1 Å². The zero-order valence-corrected chi connectivity index (χ0v) is 11.1. The third-order valence-corrected chi connectivity index (χ3v) is 3.79. The molecule has 0 aliphatic heterocycles. The van der Waals surface area contributed by atoms with E-state index < -0.39 is 6.10 Å². The molecule has 1 aliphatic carbocycles. The van der Waals surface area contributed by atoms with Gasteiger partial charge in [0.05, 0.1) is 12.6 Å². The van der Waals surface area contributed by atoms with E-state index in [4.69, 9.17) is 0 Å². The molecule has 3 heteroatoms. The molecule has 0 spiro atoms. The van der Waals surface area contributed by atoms with Gasteiger partial charge in [-0.3, -0.25) is 4.79 Å². The van der Waals surface area contributed by atoms with Crippen LogP contribution in [0, 0.1) is 0 Å². The Morgan fingerprint density at radius 2 is 1.70 bits per heavy atom. The third-order valence-electron chi connectivity index (χ3n) is 3.79. The number of ketones is 1. The van der Waals surface area contributed by atoms with E-state index in [-0.39, 0.29) is 18.4 Å². The number of carbonyl (C=O) groups is 1. The molecule has 20 heavy (non-hydrogen) atoms. The first-order chi connectivity index (χ1) is 9.75. The Labute approximate surface area is 118 Å². The molecule has 0 radical (unpaired) electrons. The summed E-state index contributed by atoms with van der Waals surface area (Å²) in [7, 11) is 0. The lowest BCUT2D eigenvalue weighted by molar-refractivity contribution is 0.0982. The molecule has 1 aliphatic rings. The Morgan fingerprint density at radius 1 is 1.05 bits per heavy atom. The van der Waals surface area contributed by atoms with E-state index in [0.29, 0.717) is 12.0 Å². The molecule has 2 N–H and O–H groups in total. The Kier molecular flexibility index (Phi) is 3.63. The number of nitrogens with one attached hydrogen (secondary N) is 1. The maximum absolute atomic E-state index is 12.1. The summed E-state index contributed by atoms with van der Waals surface area (Å²) in [6, 6.07) is 17.2. The fraction of sp³-hybridized carbons (Fsp3) is 0.235. The fourth-order valence-corrected chi connectivity index (χ4v) is 2.74. The van der Waals surface area contributed by atoms with E-state index in [1.165, 1.54) is 0 Å². The maximum atomic E-state index is 12.1. The van der Waals surface area contributed by atoms with Gasteiger partial charge in [-0.1, -0.05) is 54.6 Å². The molecule has 0 saturated carbocycles. The number of aliphatic hydroxyl groups is 1. The summed E-state index contributed by atoms with van der Waals surface area (Å²) in [6.45, 7) is 0.287. The van der Waals surface area contributed by atoms with Gasteiger partial charge in [-0.2, -0.15) is 0 Å². The Morgan fingerprint density at radius 3 is 2.45 bits per heavy atom. The second kappa shape index (κ2) is 5.57. The number of aliphatic hydroxyl groups excluding tert-OH is 1. The molecule has 102 valence electrons. The summed E-state index contributed by atoms with van der Waals surface area (Å²) in [6.07, 6.45) is 0.192. The van der Waals surface area contributed by atoms with Crippen molar-refractivity contribution in [1.82, 2.24) is 5.32 Å². The van der Waals surface area contributed by atoms with Crippen LogP contribution in [0.25, 0.3) is 0 Å². The van der Waals surface area contributed by atoms with Crippen molar-refractivity contribution in [3.05, 3.63) is 71.3 Å². The summed E-state index contributed by atoms with van der Waals surface area (Å²) in [5, 5.41) is 13.3. The van der Waals surface area contributed by atoms with Crippen LogP contribution in [0.2, 0.25) is 0 Å². The highest BCUT2D eigenvalue weighted by Gasteiger charge is 2.29. The second-order valence-electron chi connectivity index (χ2n) is 5.10. The van der Waals surface area contributed by atoms with Crippen LogP contribution in [0.15, 0.2) is 54.6 Å². The zero-order chi connectivity index (χ0) is 13.9. The first-order valence-corrected chi connectivity index (χ1v) is 6.84. The average Bonchev–Trinajstić information content (AvgIpc) is 2.83. The molecule has 2 aromatic carbocycles. The van der Waals surface area contributed by atoms with Gasteiger partial charge in [0, 0.05) is 11.6 Å². The van der Waals surface area contributed by atoms with E-state index in [1.807, 2.05) is 54.6 Å². The lowest BCUT2D eigenvalue weighted by Crippen LogP contribution is -2.26. The van der Waals surface area contributed by atoms with E-state index in [9.17, 15) is 9.90 Å². The van der Waals surface area contributed by atoms with Gasteiger partial charge in [0.15, 0.2) is 5.78 Å². The zero-order valence-electron chi connectivity index (χ0n) is 11.1. The van der Waals surface area contributed by atoms with Crippen molar-refractivity contribution in [2.24, 2.45) is 0 Å². The Bertz CT molecular complexity index is 609. The van der Waals surface area contributed by atoms with E-state index in [0.717, 1.165) is 11.1 Å². The number of benzene rings is 2. The van der Waals surface area contributed by atoms with Crippen molar-refractivity contribution >= 4 is 5.78 Å². The lowest BCUT2D eigenvalue weighted by Gasteiger charge is -2.13.